The molecule has 0 aliphatic carbocycles. The molecule has 0 aromatic heterocycles. The van der Waals surface area contributed by atoms with Gasteiger partial charge < -0.3 is 22.0 Å². The summed E-state index contributed by atoms with van der Waals surface area (Å²) in [7, 11) is 2.26. The van der Waals surface area contributed by atoms with E-state index in [9.17, 15) is 5.11 Å². The molecule has 0 atom stereocenters. The van der Waals surface area contributed by atoms with Crippen molar-refractivity contribution >= 4 is 0 Å². The fraction of sp³-hybridized carbons (Fsp3) is 0.333. The number of aliphatic hydroxyl groups is 1. The molecule has 1 aliphatic heterocycles. The summed E-state index contributed by atoms with van der Waals surface area (Å²) in [4.78, 5) is 0. The number of rotatable bonds is 3. The highest BCUT2D eigenvalue weighted by Gasteiger charge is 2.30. The molecule has 0 saturated carbocycles. The fourth-order valence-corrected chi connectivity index (χ4v) is 3.28. The monoisotopic (exact) mass is 341 g/mol. The van der Waals surface area contributed by atoms with E-state index in [-0.39, 0.29) is 12.4 Å². The molecule has 1 N–H and O–H groups in total. The molecule has 0 amide bonds. The smallest absolute Gasteiger partial charge is 0.177 e. The third kappa shape index (κ3) is 3.99. The minimum atomic E-state index is -1.25. The van der Waals surface area contributed by atoms with Gasteiger partial charge >= 0.3 is 0 Å². The molecule has 126 valence electrons. The number of nitrogens with zero attached hydrogens (tertiary/aromatic N) is 1. The number of benzene rings is 2. The second-order valence-corrected chi connectivity index (χ2v) is 6.68. The topological polar surface area (TPSA) is 20.2 Å². The summed E-state index contributed by atoms with van der Waals surface area (Å²) in [6, 6.07) is 19.4. The molecule has 0 unspecified atom stereocenters. The maximum atomic E-state index is 11.3. The first-order valence-corrected chi connectivity index (χ1v) is 8.29. The Bertz CT molecular complexity index is 657. The van der Waals surface area contributed by atoms with Crippen LogP contribution in [0.25, 0.3) is 0 Å². The molecule has 2 nitrogen and oxygen atoms in total. The van der Waals surface area contributed by atoms with Gasteiger partial charge in [0, 0.05) is 24.0 Å². The summed E-state index contributed by atoms with van der Waals surface area (Å²) in [6.07, 6.45) is 2.56. The van der Waals surface area contributed by atoms with Crippen LogP contribution >= 0.6 is 0 Å². The average molecular weight is 342 g/mol. The fourth-order valence-electron chi connectivity index (χ4n) is 3.28. The van der Waals surface area contributed by atoms with Crippen molar-refractivity contribution in [1.82, 2.24) is 0 Å². The Hall–Kier alpha value is -1.79. The Labute approximate surface area is 151 Å². The lowest BCUT2D eigenvalue weighted by atomic mass is 9.87. The molecule has 0 spiro atoms. The first-order valence-electron chi connectivity index (χ1n) is 8.29. The van der Waals surface area contributed by atoms with Gasteiger partial charge in [-0.2, -0.15) is 0 Å². The number of likely N-dealkylation sites (tertiary alicyclic amines) is 1. The van der Waals surface area contributed by atoms with Crippen LogP contribution in [0.5, 0.6) is 0 Å². The van der Waals surface area contributed by atoms with Gasteiger partial charge in [0.2, 0.25) is 0 Å². The van der Waals surface area contributed by atoms with E-state index < -0.39 is 5.60 Å². The van der Waals surface area contributed by atoms with E-state index in [0.29, 0.717) is 0 Å². The van der Waals surface area contributed by atoms with Crippen molar-refractivity contribution in [3.8, 4) is 11.8 Å². The second kappa shape index (κ2) is 7.85. The van der Waals surface area contributed by atoms with Crippen LogP contribution in [0.15, 0.2) is 60.7 Å². The molecular formula is C21H24ClNO. The standard InChI is InChI=1S/C21H24NO.ClH/c1-22(16-8-9-17-22)18-10-15-21(23,19-11-4-2-5-12-19)20-13-6-3-7-14-20;/h2-7,11-14,23H,8-9,16-18H2,1H3;1H/q+1;/p-1. The van der Waals surface area contributed by atoms with Crippen LogP contribution in [0, 0.1) is 11.8 Å². The van der Waals surface area contributed by atoms with Crippen molar-refractivity contribution in [2.75, 3.05) is 26.7 Å². The Balaban J connectivity index is 0.00000208. The molecule has 2 aromatic carbocycles. The molecule has 24 heavy (non-hydrogen) atoms. The largest absolute Gasteiger partial charge is 1.00 e. The predicted molar refractivity (Wildman–Crippen MR) is 93.7 cm³/mol. The Morgan fingerprint density at radius 3 is 1.83 bits per heavy atom. The van der Waals surface area contributed by atoms with Crippen LogP contribution in [0.4, 0.5) is 0 Å². The maximum Gasteiger partial charge on any atom is 0.177 e. The van der Waals surface area contributed by atoms with E-state index >= 15 is 0 Å². The van der Waals surface area contributed by atoms with Gasteiger partial charge in [0.1, 0.15) is 6.54 Å². The number of halogens is 1. The lowest BCUT2D eigenvalue weighted by Gasteiger charge is -2.27. The first-order chi connectivity index (χ1) is 11.1. The summed E-state index contributed by atoms with van der Waals surface area (Å²) < 4.78 is 0.993. The molecule has 1 fully saturated rings. The molecule has 0 bridgehead atoms. The van der Waals surface area contributed by atoms with Gasteiger partial charge in [-0.3, -0.25) is 0 Å². The van der Waals surface area contributed by atoms with E-state index in [4.69, 9.17) is 0 Å². The summed E-state index contributed by atoms with van der Waals surface area (Å²) in [5.74, 6) is 6.45. The zero-order valence-electron chi connectivity index (χ0n) is 14.1. The van der Waals surface area contributed by atoms with Gasteiger partial charge in [-0.1, -0.05) is 66.6 Å². The quantitative estimate of drug-likeness (QED) is 0.623. The molecule has 1 saturated heterocycles. The molecule has 0 radical (unpaired) electrons. The van der Waals surface area contributed by atoms with Crippen LogP contribution in [0.1, 0.15) is 24.0 Å². The number of hydrogen-bond acceptors (Lipinski definition) is 1. The third-order valence-corrected chi connectivity index (χ3v) is 4.76. The van der Waals surface area contributed by atoms with E-state index in [2.05, 4.69) is 18.9 Å². The van der Waals surface area contributed by atoms with Crippen LogP contribution in [-0.4, -0.2) is 36.3 Å². The first kappa shape index (κ1) is 18.5. The maximum absolute atomic E-state index is 11.3. The molecule has 1 heterocycles. The highest BCUT2D eigenvalue weighted by molar-refractivity contribution is 5.44. The highest BCUT2D eigenvalue weighted by Crippen LogP contribution is 2.28. The van der Waals surface area contributed by atoms with Crippen molar-refractivity contribution in [1.29, 1.82) is 0 Å². The summed E-state index contributed by atoms with van der Waals surface area (Å²) >= 11 is 0. The second-order valence-electron chi connectivity index (χ2n) is 6.68. The number of quaternary nitrogens is 1. The van der Waals surface area contributed by atoms with Crippen LogP contribution in [0.3, 0.4) is 0 Å². The van der Waals surface area contributed by atoms with E-state index in [1.165, 1.54) is 25.9 Å². The third-order valence-electron chi connectivity index (χ3n) is 4.76. The summed E-state index contributed by atoms with van der Waals surface area (Å²) in [5, 5.41) is 11.3. The van der Waals surface area contributed by atoms with Crippen molar-refractivity contribution in [3.05, 3.63) is 71.8 Å². The van der Waals surface area contributed by atoms with Crippen molar-refractivity contribution in [2.24, 2.45) is 0 Å². The Morgan fingerprint density at radius 2 is 1.38 bits per heavy atom. The van der Waals surface area contributed by atoms with Crippen LogP contribution < -0.4 is 12.4 Å². The van der Waals surface area contributed by atoms with Crippen molar-refractivity contribution in [2.45, 2.75) is 18.4 Å². The summed E-state index contributed by atoms with van der Waals surface area (Å²) in [6.45, 7) is 3.16. The Morgan fingerprint density at radius 1 is 0.917 bits per heavy atom. The Kier molecular flexibility index (Phi) is 6.07. The van der Waals surface area contributed by atoms with Gasteiger partial charge in [-0.05, 0) is 5.92 Å². The molecule has 2 aromatic rings. The zero-order valence-corrected chi connectivity index (χ0v) is 14.8. The van der Waals surface area contributed by atoms with Gasteiger partial charge in [-0.15, -0.1) is 0 Å². The van der Waals surface area contributed by atoms with Gasteiger partial charge in [0.05, 0.1) is 20.1 Å². The van der Waals surface area contributed by atoms with Gasteiger partial charge in [0.25, 0.3) is 0 Å². The van der Waals surface area contributed by atoms with Crippen LogP contribution in [-0.2, 0) is 5.60 Å². The number of hydrogen-bond donors (Lipinski definition) is 1. The lowest BCUT2D eigenvalue weighted by Crippen LogP contribution is -3.00. The highest BCUT2D eigenvalue weighted by atomic mass is 35.5. The zero-order chi connectivity index (χ0) is 16.2. The van der Waals surface area contributed by atoms with Crippen LogP contribution in [0.2, 0.25) is 0 Å². The van der Waals surface area contributed by atoms with E-state index in [1.807, 2.05) is 60.7 Å². The van der Waals surface area contributed by atoms with E-state index in [1.54, 1.807) is 0 Å². The molecule has 1 aliphatic rings. The minimum Gasteiger partial charge on any atom is -1.00 e. The molecule has 3 heteroatoms. The predicted octanol–water partition coefficient (Wildman–Crippen LogP) is 0.170. The van der Waals surface area contributed by atoms with Crippen molar-refractivity contribution < 1.29 is 22.0 Å². The molecule has 3 rings (SSSR count). The van der Waals surface area contributed by atoms with Gasteiger partial charge in [-0.25, -0.2) is 0 Å². The minimum absolute atomic E-state index is 0. The lowest BCUT2D eigenvalue weighted by molar-refractivity contribution is -0.890. The normalized spacial score (nSPS) is 15.9. The van der Waals surface area contributed by atoms with Gasteiger partial charge in [0.15, 0.2) is 5.60 Å². The summed E-state index contributed by atoms with van der Waals surface area (Å²) in [5.41, 5.74) is 0.395. The average Bonchev–Trinajstić information content (AvgIpc) is 3.03. The SMILES string of the molecule is C[N+]1(CC#CC(O)(c2ccccc2)c2ccccc2)CCCC1.[Cl-]. The molecular weight excluding hydrogens is 318 g/mol. The van der Waals surface area contributed by atoms with Crippen molar-refractivity contribution in [3.63, 3.8) is 0 Å². The van der Waals surface area contributed by atoms with E-state index in [0.717, 1.165) is 22.2 Å².